The molecule has 3 aromatic heterocycles. The molecule has 5 heterocycles. The van der Waals surface area contributed by atoms with Crippen LogP contribution in [0.2, 0.25) is 0 Å². The molecule has 4 aromatic rings. The number of benzene rings is 1. The molecule has 3 fully saturated rings. The number of imidazole rings is 1. The van der Waals surface area contributed by atoms with Crippen LogP contribution in [0.5, 0.6) is 0 Å². The maximum Gasteiger partial charge on any atom is 0.395 e. The quantitative estimate of drug-likeness (QED) is 0.276. The van der Waals surface area contributed by atoms with E-state index in [1.54, 1.807) is 22.1 Å². The summed E-state index contributed by atoms with van der Waals surface area (Å²) in [6, 6.07) is 11.1. The highest BCUT2D eigenvalue weighted by atomic mass is 19.4. The minimum Gasteiger partial charge on any atom is -0.355 e. The lowest BCUT2D eigenvalue weighted by Gasteiger charge is -2.40. The average Bonchev–Trinajstić information content (AvgIpc) is 3.44. The maximum absolute atomic E-state index is 13.3. The molecule has 15 heteroatoms. The monoisotopic (exact) mass is 627 g/mol. The topological polar surface area (TPSA) is 106 Å². The first kappa shape index (κ1) is 29.3. The molecule has 45 heavy (non-hydrogen) atoms. The van der Waals surface area contributed by atoms with Crippen molar-refractivity contribution in [3.05, 3.63) is 54.5 Å². The number of hydrogen-bond donors (Lipinski definition) is 2. The van der Waals surface area contributed by atoms with Gasteiger partial charge >= 0.3 is 6.18 Å². The van der Waals surface area contributed by atoms with Crippen molar-refractivity contribution in [2.24, 2.45) is 11.8 Å². The van der Waals surface area contributed by atoms with Crippen molar-refractivity contribution in [2.45, 2.75) is 31.5 Å². The van der Waals surface area contributed by atoms with Crippen molar-refractivity contribution in [3.8, 4) is 11.3 Å². The highest BCUT2D eigenvalue weighted by Crippen LogP contribution is 2.49. The number of H-pyrrole nitrogens is 1. The summed E-state index contributed by atoms with van der Waals surface area (Å²) < 4.78 is 65.5. The van der Waals surface area contributed by atoms with Gasteiger partial charge in [-0.25, -0.2) is 28.7 Å². The molecule has 2 unspecified atom stereocenters. The van der Waals surface area contributed by atoms with E-state index in [1.807, 2.05) is 30.3 Å². The molecular formula is C30H30F5N9O. The molecule has 0 radical (unpaired) electrons. The summed E-state index contributed by atoms with van der Waals surface area (Å²) in [6.45, 7) is 3.82. The summed E-state index contributed by atoms with van der Waals surface area (Å²) in [5.74, 6) is -4.30. The standard InChI is InChI=1S/C30H30F5N9O/c1-17(42-6-8-43(9-7-42)27(45)21-13-29(21,31)32)18-4-5-36-25(11-18)41-28-39-22-3-2-19(10-24(22)40-28)23-12-26(38-16-37-23)44-14-20(15-44)30(33,34)35/h2-5,10-12,16-17,20-21H,6-9,13-15H2,1H3,(H2,36,39,40,41). The third-order valence-corrected chi connectivity index (χ3v) is 8.91. The zero-order valence-corrected chi connectivity index (χ0v) is 24.2. The van der Waals surface area contributed by atoms with Gasteiger partial charge in [0.2, 0.25) is 11.9 Å². The number of carbonyl (C=O) groups excluding carboxylic acids is 1. The Kier molecular flexibility index (Phi) is 7.10. The van der Waals surface area contributed by atoms with E-state index in [-0.39, 0.29) is 25.6 Å². The van der Waals surface area contributed by atoms with E-state index in [2.05, 4.69) is 42.1 Å². The molecule has 2 aliphatic heterocycles. The smallest absolute Gasteiger partial charge is 0.355 e. The second-order valence-corrected chi connectivity index (χ2v) is 11.9. The van der Waals surface area contributed by atoms with Gasteiger partial charge in [0, 0.05) is 69.6 Å². The fraction of sp³-hybridized carbons (Fsp3) is 0.433. The van der Waals surface area contributed by atoms with Gasteiger partial charge in [-0.05, 0) is 36.8 Å². The van der Waals surface area contributed by atoms with Gasteiger partial charge in [-0.15, -0.1) is 0 Å². The third kappa shape index (κ3) is 5.88. The molecule has 1 aromatic carbocycles. The second kappa shape index (κ2) is 10.9. The first-order valence-electron chi connectivity index (χ1n) is 14.7. The van der Waals surface area contributed by atoms with Gasteiger partial charge in [-0.1, -0.05) is 6.07 Å². The Balaban J connectivity index is 0.996. The van der Waals surface area contributed by atoms with Crippen molar-refractivity contribution in [1.29, 1.82) is 0 Å². The Labute approximate surface area is 254 Å². The molecule has 0 bridgehead atoms. The first-order chi connectivity index (χ1) is 21.4. The summed E-state index contributed by atoms with van der Waals surface area (Å²) in [4.78, 5) is 38.4. The van der Waals surface area contributed by atoms with Crippen molar-refractivity contribution >= 4 is 34.5 Å². The number of nitrogens with zero attached hydrogens (tertiary/aromatic N) is 7. The van der Waals surface area contributed by atoms with Crippen molar-refractivity contribution in [2.75, 3.05) is 49.5 Å². The number of halogens is 5. The number of rotatable bonds is 7. The number of amides is 1. The molecule has 7 rings (SSSR count). The van der Waals surface area contributed by atoms with Crippen LogP contribution in [0.3, 0.4) is 0 Å². The Bertz CT molecular complexity index is 1730. The summed E-state index contributed by atoms with van der Waals surface area (Å²) >= 11 is 0. The molecule has 236 valence electrons. The minimum absolute atomic E-state index is 0.0137. The molecule has 1 amide bonds. The third-order valence-electron chi connectivity index (χ3n) is 8.91. The highest BCUT2D eigenvalue weighted by Gasteiger charge is 2.62. The van der Waals surface area contributed by atoms with Gasteiger partial charge in [-0.3, -0.25) is 9.69 Å². The summed E-state index contributed by atoms with van der Waals surface area (Å²) in [6.07, 6.45) is -1.50. The van der Waals surface area contributed by atoms with Gasteiger partial charge in [0.05, 0.1) is 22.6 Å². The second-order valence-electron chi connectivity index (χ2n) is 11.9. The average molecular weight is 628 g/mol. The fourth-order valence-corrected chi connectivity index (χ4v) is 5.92. The van der Waals surface area contributed by atoms with Gasteiger partial charge < -0.3 is 20.1 Å². The maximum atomic E-state index is 13.3. The molecule has 2 N–H and O–H groups in total. The lowest BCUT2D eigenvalue weighted by molar-refractivity contribution is -0.180. The molecule has 0 spiro atoms. The molecule has 10 nitrogen and oxygen atoms in total. The van der Waals surface area contributed by atoms with Crippen molar-refractivity contribution in [3.63, 3.8) is 0 Å². The first-order valence-corrected chi connectivity index (χ1v) is 14.7. The van der Waals surface area contributed by atoms with Crippen molar-refractivity contribution in [1.82, 2.24) is 34.7 Å². The van der Waals surface area contributed by atoms with Crippen LogP contribution in [-0.4, -0.2) is 92.0 Å². The minimum atomic E-state index is -4.21. The predicted octanol–water partition coefficient (Wildman–Crippen LogP) is 5.02. The number of nitrogens with one attached hydrogen (secondary N) is 2. The molecular weight excluding hydrogens is 597 g/mol. The number of pyridine rings is 1. The molecule has 1 saturated carbocycles. The van der Waals surface area contributed by atoms with Crippen molar-refractivity contribution < 1.29 is 26.7 Å². The van der Waals surface area contributed by atoms with Gasteiger partial charge in [0.1, 0.15) is 23.9 Å². The van der Waals surface area contributed by atoms with Crippen LogP contribution in [0, 0.1) is 11.8 Å². The van der Waals surface area contributed by atoms with Gasteiger partial charge in [0.15, 0.2) is 0 Å². The normalized spacial score (nSPS) is 21.1. The Morgan fingerprint density at radius 3 is 2.51 bits per heavy atom. The Hall–Kier alpha value is -4.40. The molecule has 2 atom stereocenters. The summed E-state index contributed by atoms with van der Waals surface area (Å²) in [5.41, 5.74) is 3.78. The van der Waals surface area contributed by atoms with E-state index in [1.165, 1.54) is 6.33 Å². The number of anilines is 3. The number of alkyl halides is 5. The molecule has 1 aliphatic carbocycles. The Morgan fingerprint density at radius 1 is 1.04 bits per heavy atom. The molecule has 3 aliphatic rings. The molecule has 2 saturated heterocycles. The number of aromatic amines is 1. The zero-order valence-electron chi connectivity index (χ0n) is 24.2. The largest absolute Gasteiger partial charge is 0.395 e. The SMILES string of the molecule is CC(c1ccnc(Nc2nc3ccc(-c4cc(N5CC(C(F)(F)F)C5)ncn4)cc3[nH]2)c1)N1CCN(C(=O)C2CC2(F)F)CC1. The van der Waals surface area contributed by atoms with Gasteiger partial charge in [-0.2, -0.15) is 13.2 Å². The number of carbonyl (C=O) groups is 1. The number of fused-ring (bicyclic) bond motifs is 1. The lowest BCUT2D eigenvalue weighted by Crippen LogP contribution is -2.53. The van der Waals surface area contributed by atoms with Gasteiger partial charge in [0.25, 0.3) is 5.92 Å². The van der Waals surface area contributed by atoms with Crippen LogP contribution in [-0.2, 0) is 4.79 Å². The van der Waals surface area contributed by atoms with Crippen LogP contribution < -0.4 is 10.2 Å². The van der Waals surface area contributed by atoms with E-state index in [0.29, 0.717) is 55.0 Å². The fourth-order valence-electron chi connectivity index (χ4n) is 5.92. The van der Waals surface area contributed by atoms with E-state index in [9.17, 15) is 26.7 Å². The van der Waals surface area contributed by atoms with E-state index >= 15 is 0 Å². The van der Waals surface area contributed by atoms with Crippen LogP contribution in [0.25, 0.3) is 22.3 Å². The number of piperazine rings is 1. The van der Waals surface area contributed by atoms with Crippen LogP contribution in [0.15, 0.2) is 48.9 Å². The number of aromatic nitrogens is 5. The summed E-state index contributed by atoms with van der Waals surface area (Å²) in [5, 5.41) is 3.21. The van der Waals surface area contributed by atoms with Crippen LogP contribution >= 0.6 is 0 Å². The summed E-state index contributed by atoms with van der Waals surface area (Å²) in [7, 11) is 0. The zero-order chi connectivity index (χ0) is 31.5. The van der Waals surface area contributed by atoms with E-state index in [0.717, 1.165) is 16.6 Å². The van der Waals surface area contributed by atoms with E-state index < -0.39 is 29.8 Å². The van der Waals surface area contributed by atoms with Crippen LogP contribution in [0.1, 0.15) is 24.9 Å². The number of hydrogen-bond acceptors (Lipinski definition) is 8. The Morgan fingerprint density at radius 2 is 1.80 bits per heavy atom. The van der Waals surface area contributed by atoms with Crippen LogP contribution in [0.4, 0.5) is 39.5 Å². The highest BCUT2D eigenvalue weighted by molar-refractivity contribution is 5.84. The lowest BCUT2D eigenvalue weighted by atomic mass is 9.99. The predicted molar refractivity (Wildman–Crippen MR) is 156 cm³/mol. The van der Waals surface area contributed by atoms with E-state index in [4.69, 9.17) is 0 Å².